The van der Waals surface area contributed by atoms with Gasteiger partial charge in [-0.2, -0.15) is 0 Å². The third-order valence-corrected chi connectivity index (χ3v) is 2.76. The largest absolute Gasteiger partial charge is 0.478 e. The Labute approximate surface area is 119 Å². The van der Waals surface area contributed by atoms with Crippen LogP contribution in [0.1, 0.15) is 20.7 Å². The van der Waals surface area contributed by atoms with E-state index in [1.807, 2.05) is 0 Å². The molecule has 7 nitrogen and oxygen atoms in total. The SMILES string of the molecule is NC(=O)CONC(=O)c1cccc2cccc(C(=O)O)c12. The van der Waals surface area contributed by atoms with Crippen molar-refractivity contribution in [3.8, 4) is 0 Å². The number of aromatic carboxylic acids is 1. The van der Waals surface area contributed by atoms with Crippen molar-refractivity contribution in [3.05, 3.63) is 47.5 Å². The van der Waals surface area contributed by atoms with Crippen molar-refractivity contribution >= 4 is 28.6 Å². The van der Waals surface area contributed by atoms with Crippen molar-refractivity contribution in [3.63, 3.8) is 0 Å². The number of hydroxylamine groups is 1. The summed E-state index contributed by atoms with van der Waals surface area (Å²) in [5.41, 5.74) is 7.08. The van der Waals surface area contributed by atoms with Crippen molar-refractivity contribution in [2.24, 2.45) is 5.73 Å². The summed E-state index contributed by atoms with van der Waals surface area (Å²) in [4.78, 5) is 38.5. The Morgan fingerprint density at radius 1 is 1.10 bits per heavy atom. The molecule has 108 valence electrons. The normalized spacial score (nSPS) is 10.3. The fraction of sp³-hybridized carbons (Fsp3) is 0.0714. The Balaban J connectivity index is 2.41. The van der Waals surface area contributed by atoms with Gasteiger partial charge in [0.2, 0.25) is 5.91 Å². The van der Waals surface area contributed by atoms with Gasteiger partial charge in [-0.25, -0.2) is 10.3 Å². The van der Waals surface area contributed by atoms with Crippen LogP contribution in [-0.4, -0.2) is 29.5 Å². The Hall–Kier alpha value is -2.93. The molecule has 0 aliphatic carbocycles. The van der Waals surface area contributed by atoms with E-state index in [1.165, 1.54) is 12.1 Å². The summed E-state index contributed by atoms with van der Waals surface area (Å²) >= 11 is 0. The van der Waals surface area contributed by atoms with Crippen molar-refractivity contribution in [1.29, 1.82) is 0 Å². The lowest BCUT2D eigenvalue weighted by Crippen LogP contribution is -2.29. The predicted octanol–water partition coefficient (Wildman–Crippen LogP) is 0.685. The van der Waals surface area contributed by atoms with Crippen molar-refractivity contribution in [2.45, 2.75) is 0 Å². The topological polar surface area (TPSA) is 119 Å². The minimum atomic E-state index is -1.14. The van der Waals surface area contributed by atoms with Gasteiger partial charge in [-0.15, -0.1) is 0 Å². The van der Waals surface area contributed by atoms with Crippen LogP contribution >= 0.6 is 0 Å². The summed E-state index contributed by atoms with van der Waals surface area (Å²) in [5.74, 6) is -2.53. The summed E-state index contributed by atoms with van der Waals surface area (Å²) in [5, 5.41) is 10.1. The molecule has 0 aromatic heterocycles. The summed E-state index contributed by atoms with van der Waals surface area (Å²) in [6.45, 7) is -0.470. The number of fused-ring (bicyclic) bond motifs is 1. The molecule has 0 aliphatic heterocycles. The van der Waals surface area contributed by atoms with Crippen LogP contribution in [0.15, 0.2) is 36.4 Å². The molecule has 2 amide bonds. The van der Waals surface area contributed by atoms with Gasteiger partial charge in [0, 0.05) is 5.39 Å². The average Bonchev–Trinajstić information content (AvgIpc) is 2.45. The molecule has 4 N–H and O–H groups in total. The fourth-order valence-corrected chi connectivity index (χ4v) is 1.94. The first-order valence-corrected chi connectivity index (χ1v) is 5.96. The van der Waals surface area contributed by atoms with Crippen LogP contribution in [0.3, 0.4) is 0 Å². The number of carboxylic acids is 1. The van der Waals surface area contributed by atoms with E-state index in [0.29, 0.717) is 10.8 Å². The van der Waals surface area contributed by atoms with Crippen molar-refractivity contribution < 1.29 is 24.3 Å². The van der Waals surface area contributed by atoms with Gasteiger partial charge < -0.3 is 10.8 Å². The molecule has 2 aromatic carbocycles. The van der Waals surface area contributed by atoms with Gasteiger partial charge >= 0.3 is 5.97 Å². The Morgan fingerprint density at radius 3 is 2.29 bits per heavy atom. The maximum absolute atomic E-state index is 12.0. The lowest BCUT2D eigenvalue weighted by molar-refractivity contribution is -0.124. The third kappa shape index (κ3) is 3.15. The maximum atomic E-state index is 12.0. The van der Waals surface area contributed by atoms with Gasteiger partial charge in [-0.3, -0.25) is 14.4 Å². The number of carboxylic acid groups (broad SMARTS) is 1. The standard InChI is InChI=1S/C14H12N2O5/c15-11(17)7-21-16-13(18)9-5-1-3-8-4-2-6-10(12(8)9)14(19)20/h1-6H,7H2,(H2,15,17)(H,16,18)(H,19,20). The highest BCUT2D eigenvalue weighted by atomic mass is 16.7. The summed E-state index contributed by atoms with van der Waals surface area (Å²) < 4.78 is 0. The molecule has 0 heterocycles. The number of carbonyl (C=O) groups excluding carboxylic acids is 2. The Morgan fingerprint density at radius 2 is 1.71 bits per heavy atom. The van der Waals surface area contributed by atoms with Gasteiger partial charge in [-0.1, -0.05) is 24.3 Å². The van der Waals surface area contributed by atoms with Gasteiger partial charge in [0.15, 0.2) is 6.61 Å². The quantitative estimate of drug-likeness (QED) is 0.699. The molecule has 0 aliphatic rings. The van der Waals surface area contributed by atoms with Crippen LogP contribution in [0, 0.1) is 0 Å². The van der Waals surface area contributed by atoms with E-state index in [2.05, 4.69) is 10.3 Å². The molecular weight excluding hydrogens is 276 g/mol. The number of carbonyl (C=O) groups is 3. The zero-order valence-corrected chi connectivity index (χ0v) is 10.8. The molecule has 7 heteroatoms. The van der Waals surface area contributed by atoms with Crippen LogP contribution in [0.25, 0.3) is 10.8 Å². The highest BCUT2D eigenvalue weighted by Crippen LogP contribution is 2.23. The average molecular weight is 288 g/mol. The summed E-state index contributed by atoms with van der Waals surface area (Å²) in [6, 6.07) is 9.49. The molecule has 0 saturated heterocycles. The Kier molecular flexibility index (Phi) is 4.15. The summed E-state index contributed by atoms with van der Waals surface area (Å²) in [7, 11) is 0. The second-order valence-electron chi connectivity index (χ2n) is 4.20. The predicted molar refractivity (Wildman–Crippen MR) is 73.5 cm³/mol. The van der Waals surface area contributed by atoms with Crippen LogP contribution in [0.5, 0.6) is 0 Å². The second kappa shape index (κ2) is 6.02. The fourth-order valence-electron chi connectivity index (χ4n) is 1.94. The zero-order chi connectivity index (χ0) is 15.4. The Bertz CT molecular complexity index is 721. The van der Waals surface area contributed by atoms with E-state index in [9.17, 15) is 19.5 Å². The first-order chi connectivity index (χ1) is 10.0. The second-order valence-corrected chi connectivity index (χ2v) is 4.20. The van der Waals surface area contributed by atoms with E-state index in [4.69, 9.17) is 5.73 Å². The smallest absolute Gasteiger partial charge is 0.336 e. The molecule has 2 rings (SSSR count). The van der Waals surface area contributed by atoms with Crippen molar-refractivity contribution in [1.82, 2.24) is 5.48 Å². The minimum Gasteiger partial charge on any atom is -0.478 e. The number of nitrogens with two attached hydrogens (primary N) is 1. The number of rotatable bonds is 5. The van der Waals surface area contributed by atoms with Crippen LogP contribution in [0.4, 0.5) is 0 Å². The molecule has 0 saturated carbocycles. The molecule has 2 aromatic rings. The number of hydrogen-bond donors (Lipinski definition) is 3. The lowest BCUT2D eigenvalue weighted by atomic mass is 9.99. The highest BCUT2D eigenvalue weighted by Gasteiger charge is 2.16. The van der Waals surface area contributed by atoms with Crippen LogP contribution in [-0.2, 0) is 9.63 Å². The molecular formula is C14H12N2O5. The van der Waals surface area contributed by atoms with Gasteiger partial charge in [-0.05, 0) is 17.5 Å². The molecule has 21 heavy (non-hydrogen) atoms. The summed E-state index contributed by atoms with van der Waals surface area (Å²) in [6.07, 6.45) is 0. The monoisotopic (exact) mass is 288 g/mol. The highest BCUT2D eigenvalue weighted by molar-refractivity contribution is 6.14. The molecule has 0 radical (unpaired) electrons. The van der Waals surface area contributed by atoms with Crippen molar-refractivity contribution in [2.75, 3.05) is 6.61 Å². The molecule has 0 unspecified atom stereocenters. The van der Waals surface area contributed by atoms with Crippen LogP contribution < -0.4 is 11.2 Å². The van der Waals surface area contributed by atoms with Gasteiger partial charge in [0.1, 0.15) is 0 Å². The number of hydrogen-bond acceptors (Lipinski definition) is 4. The number of primary amides is 1. The van der Waals surface area contributed by atoms with E-state index in [0.717, 1.165) is 0 Å². The molecule has 0 atom stereocenters. The first-order valence-electron chi connectivity index (χ1n) is 5.96. The third-order valence-electron chi connectivity index (χ3n) is 2.76. The minimum absolute atomic E-state index is 0.00755. The van der Waals surface area contributed by atoms with E-state index < -0.39 is 24.4 Å². The first kappa shape index (κ1) is 14.5. The van der Waals surface area contributed by atoms with E-state index in [-0.39, 0.29) is 11.1 Å². The van der Waals surface area contributed by atoms with Gasteiger partial charge in [0.25, 0.3) is 5.91 Å². The van der Waals surface area contributed by atoms with E-state index in [1.54, 1.807) is 24.3 Å². The molecule has 0 fully saturated rings. The number of nitrogens with one attached hydrogen (secondary N) is 1. The van der Waals surface area contributed by atoms with Gasteiger partial charge in [0.05, 0.1) is 11.1 Å². The maximum Gasteiger partial charge on any atom is 0.336 e. The van der Waals surface area contributed by atoms with E-state index >= 15 is 0 Å². The number of benzene rings is 2. The lowest BCUT2D eigenvalue weighted by Gasteiger charge is -2.09. The zero-order valence-electron chi connectivity index (χ0n) is 10.8. The molecule has 0 bridgehead atoms. The molecule has 0 spiro atoms. The number of amides is 2. The van der Waals surface area contributed by atoms with Crippen LogP contribution in [0.2, 0.25) is 0 Å².